The predicted octanol–water partition coefficient (Wildman–Crippen LogP) is 4.81. The molecule has 0 saturated carbocycles. The lowest BCUT2D eigenvalue weighted by Gasteiger charge is -2.12. The molecule has 0 aliphatic rings. The largest absolute Gasteiger partial charge is 0.437 e. The second-order valence-corrected chi connectivity index (χ2v) is 5.61. The zero-order chi connectivity index (χ0) is 16.9. The van der Waals surface area contributed by atoms with Crippen LogP contribution in [0.4, 0.5) is 17.2 Å². The normalized spacial score (nSPS) is 10.4. The summed E-state index contributed by atoms with van der Waals surface area (Å²) in [6.45, 7) is 2.10. The minimum Gasteiger partial charge on any atom is -0.437 e. The molecule has 5 nitrogen and oxygen atoms in total. The summed E-state index contributed by atoms with van der Waals surface area (Å²) in [5, 5.41) is 3.79. The van der Waals surface area contributed by atoms with Gasteiger partial charge in [-0.05, 0) is 48.4 Å². The molecule has 24 heavy (non-hydrogen) atoms. The third-order valence-corrected chi connectivity index (χ3v) is 3.75. The second kappa shape index (κ2) is 7.19. The average Bonchev–Trinajstić information content (AvgIpc) is 2.61. The Bertz CT molecular complexity index is 819. The van der Waals surface area contributed by atoms with E-state index in [1.165, 1.54) is 11.9 Å². The van der Waals surface area contributed by atoms with Crippen molar-refractivity contribution in [2.75, 3.05) is 11.1 Å². The van der Waals surface area contributed by atoms with Crippen LogP contribution in [-0.4, -0.2) is 9.97 Å². The fourth-order valence-corrected chi connectivity index (χ4v) is 2.26. The monoisotopic (exact) mass is 340 g/mol. The molecule has 3 rings (SSSR count). The van der Waals surface area contributed by atoms with E-state index in [9.17, 15) is 0 Å². The first-order chi connectivity index (χ1) is 11.7. The zero-order valence-corrected chi connectivity index (χ0v) is 13.9. The van der Waals surface area contributed by atoms with Crippen LogP contribution in [0, 0.1) is 0 Å². The molecule has 0 unspecified atom stereocenters. The van der Waals surface area contributed by atoms with Crippen molar-refractivity contribution in [3.63, 3.8) is 0 Å². The van der Waals surface area contributed by atoms with Crippen LogP contribution in [0.2, 0.25) is 5.02 Å². The van der Waals surface area contributed by atoms with E-state index in [-0.39, 0.29) is 0 Å². The van der Waals surface area contributed by atoms with Gasteiger partial charge in [-0.2, -0.15) is 4.98 Å². The molecule has 1 heterocycles. The van der Waals surface area contributed by atoms with Gasteiger partial charge in [0.15, 0.2) is 5.82 Å². The van der Waals surface area contributed by atoms with Crippen LogP contribution in [0.5, 0.6) is 11.6 Å². The third kappa shape index (κ3) is 3.75. The van der Waals surface area contributed by atoms with E-state index in [1.54, 1.807) is 12.1 Å². The standard InChI is InChI=1S/C18H17ClN4O/c1-2-12-3-9-15(10-4-12)24-18-16(20)17(21-11-22-18)23-14-7-5-13(19)6-8-14/h3-11H,2,20H2,1H3,(H,21,22,23). The molecule has 0 amide bonds. The molecular weight excluding hydrogens is 324 g/mol. The number of rotatable bonds is 5. The average molecular weight is 341 g/mol. The van der Waals surface area contributed by atoms with E-state index in [4.69, 9.17) is 22.1 Å². The molecule has 0 radical (unpaired) electrons. The van der Waals surface area contributed by atoms with E-state index < -0.39 is 0 Å². The van der Waals surface area contributed by atoms with Crippen LogP contribution in [0.15, 0.2) is 54.9 Å². The minimum atomic E-state index is 0.311. The number of nitrogen functional groups attached to an aromatic ring is 1. The summed E-state index contributed by atoms with van der Waals surface area (Å²) in [5.41, 5.74) is 8.53. The van der Waals surface area contributed by atoms with Crippen molar-refractivity contribution in [3.05, 3.63) is 65.4 Å². The topological polar surface area (TPSA) is 73.1 Å². The number of hydrogen-bond acceptors (Lipinski definition) is 5. The van der Waals surface area contributed by atoms with Crippen LogP contribution in [0.3, 0.4) is 0 Å². The van der Waals surface area contributed by atoms with Gasteiger partial charge in [0, 0.05) is 10.7 Å². The van der Waals surface area contributed by atoms with Gasteiger partial charge in [0.1, 0.15) is 17.8 Å². The number of benzene rings is 2. The van der Waals surface area contributed by atoms with Crippen LogP contribution < -0.4 is 15.8 Å². The van der Waals surface area contributed by atoms with Gasteiger partial charge in [-0.25, -0.2) is 4.98 Å². The first-order valence-corrected chi connectivity index (χ1v) is 7.93. The Balaban J connectivity index is 1.80. The fourth-order valence-electron chi connectivity index (χ4n) is 2.14. The molecule has 0 aliphatic carbocycles. The Hall–Kier alpha value is -2.79. The maximum absolute atomic E-state index is 6.13. The summed E-state index contributed by atoms with van der Waals surface area (Å²) >= 11 is 5.88. The van der Waals surface area contributed by atoms with Gasteiger partial charge in [0.25, 0.3) is 0 Å². The number of anilines is 3. The highest BCUT2D eigenvalue weighted by atomic mass is 35.5. The molecular formula is C18H17ClN4O. The molecule has 1 aromatic heterocycles. The zero-order valence-electron chi connectivity index (χ0n) is 13.2. The van der Waals surface area contributed by atoms with E-state index in [2.05, 4.69) is 22.2 Å². The van der Waals surface area contributed by atoms with Gasteiger partial charge in [-0.3, -0.25) is 0 Å². The summed E-state index contributed by atoms with van der Waals surface area (Å²) in [7, 11) is 0. The van der Waals surface area contributed by atoms with Crippen molar-refractivity contribution < 1.29 is 4.74 Å². The van der Waals surface area contributed by atoms with Crippen molar-refractivity contribution in [2.24, 2.45) is 0 Å². The quantitative estimate of drug-likeness (QED) is 0.697. The van der Waals surface area contributed by atoms with E-state index >= 15 is 0 Å². The van der Waals surface area contributed by atoms with Crippen LogP contribution in [-0.2, 0) is 6.42 Å². The van der Waals surface area contributed by atoms with Crippen LogP contribution >= 0.6 is 11.6 Å². The Morgan fingerprint density at radius 3 is 2.42 bits per heavy atom. The Labute approximate surface area is 145 Å². The van der Waals surface area contributed by atoms with Crippen molar-refractivity contribution in [1.82, 2.24) is 9.97 Å². The molecule has 0 aliphatic heterocycles. The maximum Gasteiger partial charge on any atom is 0.248 e. The van der Waals surface area contributed by atoms with Gasteiger partial charge in [0.2, 0.25) is 5.88 Å². The van der Waals surface area contributed by atoms with E-state index in [0.29, 0.717) is 28.2 Å². The molecule has 0 bridgehead atoms. The van der Waals surface area contributed by atoms with Crippen molar-refractivity contribution in [1.29, 1.82) is 0 Å². The Kier molecular flexibility index (Phi) is 4.82. The predicted molar refractivity (Wildman–Crippen MR) is 97.1 cm³/mol. The lowest BCUT2D eigenvalue weighted by molar-refractivity contribution is 0.464. The minimum absolute atomic E-state index is 0.311. The summed E-state index contributed by atoms with van der Waals surface area (Å²) in [5.74, 6) is 1.47. The number of ether oxygens (including phenoxy) is 1. The lowest BCUT2D eigenvalue weighted by atomic mass is 10.2. The number of nitrogens with two attached hydrogens (primary N) is 1. The number of nitrogens with one attached hydrogen (secondary N) is 1. The van der Waals surface area contributed by atoms with Gasteiger partial charge in [-0.15, -0.1) is 0 Å². The second-order valence-electron chi connectivity index (χ2n) is 5.17. The molecule has 6 heteroatoms. The molecule has 0 saturated heterocycles. The van der Waals surface area contributed by atoms with Gasteiger partial charge in [0.05, 0.1) is 0 Å². The summed E-state index contributed by atoms with van der Waals surface area (Å²) in [4.78, 5) is 8.28. The number of hydrogen-bond donors (Lipinski definition) is 2. The fraction of sp³-hybridized carbons (Fsp3) is 0.111. The summed E-state index contributed by atoms with van der Waals surface area (Å²) < 4.78 is 5.77. The molecule has 3 aromatic rings. The van der Waals surface area contributed by atoms with Gasteiger partial charge >= 0.3 is 0 Å². The molecule has 0 spiro atoms. The maximum atomic E-state index is 6.13. The SMILES string of the molecule is CCc1ccc(Oc2ncnc(Nc3ccc(Cl)cc3)c2N)cc1. The highest BCUT2D eigenvalue weighted by Gasteiger charge is 2.10. The smallest absolute Gasteiger partial charge is 0.248 e. The van der Waals surface area contributed by atoms with Gasteiger partial charge in [-0.1, -0.05) is 30.7 Å². The Morgan fingerprint density at radius 1 is 1.04 bits per heavy atom. The highest BCUT2D eigenvalue weighted by molar-refractivity contribution is 6.30. The first-order valence-electron chi connectivity index (χ1n) is 7.55. The lowest BCUT2D eigenvalue weighted by Crippen LogP contribution is -2.03. The number of aryl methyl sites for hydroxylation is 1. The van der Waals surface area contributed by atoms with E-state index in [0.717, 1.165) is 12.1 Å². The van der Waals surface area contributed by atoms with Gasteiger partial charge < -0.3 is 15.8 Å². The van der Waals surface area contributed by atoms with Crippen molar-refractivity contribution >= 4 is 28.8 Å². The number of halogens is 1. The molecule has 0 fully saturated rings. The third-order valence-electron chi connectivity index (χ3n) is 3.50. The van der Waals surface area contributed by atoms with Crippen molar-refractivity contribution in [3.8, 4) is 11.6 Å². The van der Waals surface area contributed by atoms with Crippen LogP contribution in [0.25, 0.3) is 0 Å². The molecule has 122 valence electrons. The Morgan fingerprint density at radius 2 is 1.75 bits per heavy atom. The summed E-state index contributed by atoms with van der Waals surface area (Å²) in [6.07, 6.45) is 2.38. The van der Waals surface area contributed by atoms with E-state index in [1.807, 2.05) is 36.4 Å². The highest BCUT2D eigenvalue weighted by Crippen LogP contribution is 2.31. The molecule has 3 N–H and O–H groups in total. The molecule has 2 aromatic carbocycles. The first kappa shape index (κ1) is 16.1. The van der Waals surface area contributed by atoms with Crippen molar-refractivity contribution in [2.45, 2.75) is 13.3 Å². The summed E-state index contributed by atoms with van der Waals surface area (Å²) in [6, 6.07) is 15.1. The number of nitrogens with zero attached hydrogens (tertiary/aromatic N) is 2. The molecule has 0 atom stereocenters. The van der Waals surface area contributed by atoms with Crippen LogP contribution in [0.1, 0.15) is 12.5 Å². The number of aromatic nitrogens is 2.